The molecule has 2 nitrogen and oxygen atoms in total. The van der Waals surface area contributed by atoms with Gasteiger partial charge in [0.1, 0.15) is 11.6 Å². The topological polar surface area (TPSA) is 26.3 Å². The van der Waals surface area contributed by atoms with Crippen LogP contribution in [0.2, 0.25) is 5.02 Å². The summed E-state index contributed by atoms with van der Waals surface area (Å²) in [5.74, 6) is -0.493. The largest absolute Gasteiger partial charge is 0.423 e. The Morgan fingerprint density at radius 3 is 2.38 bits per heavy atom. The Kier molecular flexibility index (Phi) is 4.92. The predicted octanol–water partition coefficient (Wildman–Crippen LogP) is 5.29. The summed E-state index contributed by atoms with van der Waals surface area (Å²) in [6.07, 6.45) is 0.591. The molecule has 0 aliphatic heterocycles. The number of hydrogen-bond donors (Lipinski definition) is 0. The maximum atomic E-state index is 13.0. The van der Waals surface area contributed by atoms with E-state index in [9.17, 15) is 9.18 Å². The fourth-order valence-corrected chi connectivity index (χ4v) is 2.54. The third-order valence-electron chi connectivity index (χ3n) is 3.54. The van der Waals surface area contributed by atoms with Gasteiger partial charge in [0.15, 0.2) is 0 Å². The Labute approximate surface area is 144 Å². The lowest BCUT2D eigenvalue weighted by molar-refractivity contribution is 0.0733. The molecule has 0 aliphatic carbocycles. The second-order valence-corrected chi connectivity index (χ2v) is 5.75. The van der Waals surface area contributed by atoms with Crippen molar-refractivity contribution in [2.45, 2.75) is 6.42 Å². The predicted molar refractivity (Wildman–Crippen MR) is 92.1 cm³/mol. The van der Waals surface area contributed by atoms with Gasteiger partial charge in [0.25, 0.3) is 0 Å². The van der Waals surface area contributed by atoms with Crippen molar-refractivity contribution >= 4 is 17.6 Å². The van der Waals surface area contributed by atoms with Gasteiger partial charge in [-0.1, -0.05) is 41.9 Å². The molecular weight excluding hydrogens is 327 g/mol. The number of rotatable bonds is 4. The number of halogens is 2. The summed E-state index contributed by atoms with van der Waals surface area (Å²) in [5, 5.41) is 0.572. The summed E-state index contributed by atoms with van der Waals surface area (Å²) < 4.78 is 18.4. The van der Waals surface area contributed by atoms with Crippen LogP contribution in [-0.4, -0.2) is 5.97 Å². The van der Waals surface area contributed by atoms with Crippen molar-refractivity contribution in [3.05, 3.63) is 100 Å². The number of esters is 1. The Bertz CT molecular complexity index is 845. The fraction of sp³-hybridized carbons (Fsp3) is 0.0500. The van der Waals surface area contributed by atoms with Gasteiger partial charge in [-0.05, 0) is 48.0 Å². The van der Waals surface area contributed by atoms with Gasteiger partial charge < -0.3 is 4.74 Å². The number of carbonyl (C=O) groups is 1. The van der Waals surface area contributed by atoms with Crippen LogP contribution >= 0.6 is 11.6 Å². The average molecular weight is 341 g/mol. The highest BCUT2D eigenvalue weighted by molar-refractivity contribution is 6.30. The van der Waals surface area contributed by atoms with Crippen LogP contribution in [0.15, 0.2) is 72.8 Å². The molecule has 0 saturated heterocycles. The first-order valence-corrected chi connectivity index (χ1v) is 7.80. The summed E-state index contributed by atoms with van der Waals surface area (Å²) >= 11 is 6.07. The van der Waals surface area contributed by atoms with Crippen LogP contribution in [0.1, 0.15) is 21.5 Å². The van der Waals surface area contributed by atoms with Crippen LogP contribution in [0.3, 0.4) is 0 Å². The van der Waals surface area contributed by atoms with Gasteiger partial charge in [-0.25, -0.2) is 9.18 Å². The molecule has 0 aromatic heterocycles. The third-order valence-corrected chi connectivity index (χ3v) is 3.78. The Morgan fingerprint density at radius 2 is 1.67 bits per heavy atom. The van der Waals surface area contributed by atoms with E-state index in [1.165, 1.54) is 24.3 Å². The zero-order valence-corrected chi connectivity index (χ0v) is 13.5. The fourth-order valence-electron chi connectivity index (χ4n) is 2.35. The molecule has 0 N–H and O–H groups in total. The molecule has 0 fully saturated rings. The molecule has 0 saturated carbocycles. The van der Waals surface area contributed by atoms with E-state index in [4.69, 9.17) is 16.3 Å². The van der Waals surface area contributed by atoms with Crippen LogP contribution in [0.25, 0.3) is 0 Å². The van der Waals surface area contributed by atoms with E-state index in [1.807, 2.05) is 30.3 Å². The lowest BCUT2D eigenvalue weighted by Gasteiger charge is -2.11. The van der Waals surface area contributed by atoms with E-state index in [0.29, 0.717) is 17.2 Å². The molecule has 0 bridgehead atoms. The van der Waals surface area contributed by atoms with Gasteiger partial charge in [0, 0.05) is 17.0 Å². The summed E-state index contributed by atoms with van der Waals surface area (Å²) in [6.45, 7) is 0. The molecule has 3 aromatic rings. The van der Waals surface area contributed by atoms with E-state index in [1.54, 1.807) is 18.2 Å². The SMILES string of the molecule is O=C(Oc1ccc(Cl)cc1Cc1ccccc1)c1ccc(F)cc1. The van der Waals surface area contributed by atoms with E-state index in [0.717, 1.165) is 11.1 Å². The molecule has 120 valence electrons. The normalized spacial score (nSPS) is 10.4. The van der Waals surface area contributed by atoms with E-state index < -0.39 is 11.8 Å². The second-order valence-electron chi connectivity index (χ2n) is 5.31. The van der Waals surface area contributed by atoms with Gasteiger partial charge in [0.2, 0.25) is 0 Å². The first-order chi connectivity index (χ1) is 11.6. The highest BCUT2D eigenvalue weighted by Gasteiger charge is 2.13. The molecule has 24 heavy (non-hydrogen) atoms. The molecule has 0 aliphatic rings. The van der Waals surface area contributed by atoms with Crippen molar-refractivity contribution in [3.63, 3.8) is 0 Å². The van der Waals surface area contributed by atoms with Gasteiger partial charge in [-0.2, -0.15) is 0 Å². The molecule has 0 atom stereocenters. The van der Waals surface area contributed by atoms with E-state index in [2.05, 4.69) is 0 Å². The lowest BCUT2D eigenvalue weighted by atomic mass is 10.0. The van der Waals surface area contributed by atoms with Gasteiger partial charge in [0.05, 0.1) is 5.56 Å². The Balaban J connectivity index is 1.85. The van der Waals surface area contributed by atoms with Crippen molar-refractivity contribution in [2.75, 3.05) is 0 Å². The number of ether oxygens (including phenoxy) is 1. The maximum Gasteiger partial charge on any atom is 0.343 e. The summed E-state index contributed by atoms with van der Waals surface area (Å²) in [4.78, 5) is 12.2. The molecule has 3 rings (SSSR count). The number of benzene rings is 3. The Hall–Kier alpha value is -2.65. The summed E-state index contributed by atoms with van der Waals surface area (Å²) in [5.41, 5.74) is 2.18. The zero-order valence-electron chi connectivity index (χ0n) is 12.7. The zero-order chi connectivity index (χ0) is 16.9. The number of carbonyl (C=O) groups excluding carboxylic acids is 1. The van der Waals surface area contributed by atoms with Gasteiger partial charge >= 0.3 is 5.97 Å². The van der Waals surface area contributed by atoms with Crippen molar-refractivity contribution in [1.82, 2.24) is 0 Å². The minimum absolute atomic E-state index is 0.289. The van der Waals surface area contributed by atoms with Gasteiger partial charge in [-0.15, -0.1) is 0 Å². The average Bonchev–Trinajstić information content (AvgIpc) is 2.59. The molecule has 3 aromatic carbocycles. The molecule has 0 spiro atoms. The van der Waals surface area contributed by atoms with Crippen molar-refractivity contribution in [3.8, 4) is 5.75 Å². The molecular formula is C20H14ClFO2. The van der Waals surface area contributed by atoms with Crippen LogP contribution in [0.4, 0.5) is 4.39 Å². The monoisotopic (exact) mass is 340 g/mol. The molecule has 0 radical (unpaired) electrons. The maximum absolute atomic E-state index is 13.0. The first kappa shape index (κ1) is 16.2. The lowest BCUT2D eigenvalue weighted by Crippen LogP contribution is -2.10. The summed E-state index contributed by atoms with van der Waals surface area (Å²) in [7, 11) is 0. The van der Waals surface area contributed by atoms with Crippen molar-refractivity contribution in [2.24, 2.45) is 0 Å². The summed E-state index contributed by atoms with van der Waals surface area (Å²) in [6, 6.07) is 20.2. The highest BCUT2D eigenvalue weighted by Crippen LogP contribution is 2.26. The minimum atomic E-state index is -0.536. The quantitative estimate of drug-likeness (QED) is 0.476. The molecule has 0 amide bonds. The molecule has 4 heteroatoms. The van der Waals surface area contributed by atoms with Crippen molar-refractivity contribution < 1.29 is 13.9 Å². The highest BCUT2D eigenvalue weighted by atomic mass is 35.5. The minimum Gasteiger partial charge on any atom is -0.423 e. The van der Waals surface area contributed by atoms with Crippen LogP contribution in [-0.2, 0) is 6.42 Å². The number of hydrogen-bond acceptors (Lipinski definition) is 2. The van der Waals surface area contributed by atoms with Crippen LogP contribution < -0.4 is 4.74 Å². The standard InChI is InChI=1S/C20H14ClFO2/c21-17-8-11-19(16(13-17)12-14-4-2-1-3-5-14)24-20(23)15-6-9-18(22)10-7-15/h1-11,13H,12H2. The van der Waals surface area contributed by atoms with Crippen molar-refractivity contribution in [1.29, 1.82) is 0 Å². The van der Waals surface area contributed by atoms with Crippen LogP contribution in [0.5, 0.6) is 5.75 Å². The first-order valence-electron chi connectivity index (χ1n) is 7.42. The molecule has 0 heterocycles. The van der Waals surface area contributed by atoms with E-state index >= 15 is 0 Å². The van der Waals surface area contributed by atoms with Gasteiger partial charge in [-0.3, -0.25) is 0 Å². The Morgan fingerprint density at radius 1 is 0.958 bits per heavy atom. The van der Waals surface area contributed by atoms with Crippen LogP contribution in [0, 0.1) is 5.82 Å². The third kappa shape index (κ3) is 4.00. The van der Waals surface area contributed by atoms with E-state index in [-0.39, 0.29) is 5.56 Å². The smallest absolute Gasteiger partial charge is 0.343 e. The molecule has 0 unspecified atom stereocenters. The second kappa shape index (κ2) is 7.28.